The summed E-state index contributed by atoms with van der Waals surface area (Å²) in [5.74, 6) is 0. The third kappa shape index (κ3) is 3.80. The van der Waals surface area contributed by atoms with E-state index in [9.17, 15) is 0 Å². The van der Waals surface area contributed by atoms with E-state index in [0.29, 0.717) is 6.54 Å². The molecule has 0 aliphatic heterocycles. The summed E-state index contributed by atoms with van der Waals surface area (Å²) in [5, 5.41) is 16.8. The van der Waals surface area contributed by atoms with Crippen LogP contribution in [0.15, 0.2) is 73.1 Å². The van der Waals surface area contributed by atoms with Crippen molar-refractivity contribution in [3.05, 3.63) is 78.6 Å². The van der Waals surface area contributed by atoms with Crippen LogP contribution < -0.4 is 10.6 Å². The van der Waals surface area contributed by atoms with Gasteiger partial charge in [0.15, 0.2) is 0 Å². The molecule has 5 aromatic rings. The van der Waals surface area contributed by atoms with E-state index in [2.05, 4.69) is 75.2 Å². The third-order valence-corrected chi connectivity index (χ3v) is 6.31. The number of nitrogens with zero attached hydrogens (tertiary/aromatic N) is 1. The van der Waals surface area contributed by atoms with Crippen LogP contribution in [0.3, 0.4) is 0 Å². The summed E-state index contributed by atoms with van der Waals surface area (Å²) in [7, 11) is 0. The number of anilines is 2. The van der Waals surface area contributed by atoms with Gasteiger partial charge in [0.1, 0.15) is 0 Å². The third-order valence-electron chi connectivity index (χ3n) is 5.10. The molecule has 0 amide bonds. The number of hydrogen-bond acceptors (Lipinski definition) is 5. The van der Waals surface area contributed by atoms with Gasteiger partial charge in [0.2, 0.25) is 0 Å². The Morgan fingerprint density at radius 2 is 1.90 bits per heavy atom. The second-order valence-electron chi connectivity index (χ2n) is 7.19. The number of aliphatic hydroxyl groups is 1. The molecule has 0 saturated carbocycles. The Labute approximate surface area is 178 Å². The van der Waals surface area contributed by atoms with Crippen molar-refractivity contribution >= 4 is 43.8 Å². The molecule has 0 bridgehead atoms. The number of aromatic amines is 1. The van der Waals surface area contributed by atoms with E-state index in [4.69, 9.17) is 5.11 Å². The lowest BCUT2D eigenvalue weighted by Gasteiger charge is -2.07. The minimum atomic E-state index is 0.155. The zero-order valence-electron chi connectivity index (χ0n) is 16.4. The van der Waals surface area contributed by atoms with Gasteiger partial charge < -0.3 is 20.7 Å². The van der Waals surface area contributed by atoms with Gasteiger partial charge in [-0.15, -0.1) is 11.3 Å². The van der Waals surface area contributed by atoms with Gasteiger partial charge in [-0.25, -0.2) is 0 Å². The van der Waals surface area contributed by atoms with Gasteiger partial charge in [-0.3, -0.25) is 4.98 Å². The van der Waals surface area contributed by atoms with Crippen molar-refractivity contribution in [2.24, 2.45) is 0 Å². The number of nitrogens with one attached hydrogen (secondary N) is 3. The highest BCUT2D eigenvalue weighted by molar-refractivity contribution is 7.22. The van der Waals surface area contributed by atoms with E-state index in [1.54, 1.807) is 11.3 Å². The first kappa shape index (κ1) is 18.8. The summed E-state index contributed by atoms with van der Waals surface area (Å²) in [4.78, 5) is 9.00. The van der Waals surface area contributed by atoms with Crippen LogP contribution in [-0.2, 0) is 6.54 Å². The van der Waals surface area contributed by atoms with Crippen LogP contribution >= 0.6 is 11.3 Å². The Bertz CT molecular complexity index is 1290. The normalized spacial score (nSPS) is 11.4. The fourth-order valence-corrected chi connectivity index (χ4v) is 4.65. The minimum Gasteiger partial charge on any atom is -0.395 e. The summed E-state index contributed by atoms with van der Waals surface area (Å²) in [6.45, 7) is 1.52. The average molecular weight is 415 g/mol. The molecule has 0 aliphatic rings. The maximum atomic E-state index is 8.88. The van der Waals surface area contributed by atoms with Gasteiger partial charge in [-0.05, 0) is 47.5 Å². The molecule has 5 rings (SSSR count). The Hall–Kier alpha value is -3.19. The van der Waals surface area contributed by atoms with E-state index < -0.39 is 0 Å². The first-order valence-corrected chi connectivity index (χ1v) is 10.8. The number of thiophene rings is 1. The molecule has 6 heteroatoms. The maximum Gasteiger partial charge on any atom is 0.0837 e. The molecule has 3 heterocycles. The van der Waals surface area contributed by atoms with Gasteiger partial charge >= 0.3 is 0 Å². The van der Waals surface area contributed by atoms with Crippen LogP contribution in [0.5, 0.6) is 0 Å². The monoisotopic (exact) mass is 414 g/mol. The van der Waals surface area contributed by atoms with Crippen LogP contribution in [0.2, 0.25) is 0 Å². The van der Waals surface area contributed by atoms with Crippen LogP contribution in [-0.4, -0.2) is 28.2 Å². The van der Waals surface area contributed by atoms with Crippen LogP contribution in [0.4, 0.5) is 11.4 Å². The van der Waals surface area contributed by atoms with Gasteiger partial charge in [-0.1, -0.05) is 24.3 Å². The largest absolute Gasteiger partial charge is 0.395 e. The van der Waals surface area contributed by atoms with E-state index in [1.807, 2.05) is 18.5 Å². The zero-order chi connectivity index (χ0) is 20.3. The zero-order valence-corrected chi connectivity index (χ0v) is 17.2. The number of H-pyrrole nitrogens is 1. The number of benzene rings is 2. The number of aliphatic hydroxyl groups excluding tert-OH is 1. The molecule has 0 fully saturated rings. The van der Waals surface area contributed by atoms with Crippen LogP contribution in [0.25, 0.3) is 31.6 Å². The van der Waals surface area contributed by atoms with Crippen LogP contribution in [0, 0.1) is 0 Å². The van der Waals surface area contributed by atoms with Gasteiger partial charge in [0.25, 0.3) is 0 Å². The Morgan fingerprint density at radius 3 is 2.77 bits per heavy atom. The molecule has 0 aliphatic carbocycles. The second kappa shape index (κ2) is 8.28. The molecular weight excluding hydrogens is 392 g/mol. The maximum absolute atomic E-state index is 8.88. The number of fused-ring (bicyclic) bond motifs is 2. The average Bonchev–Trinajstić information content (AvgIpc) is 3.41. The number of hydrogen-bond donors (Lipinski definition) is 4. The molecular formula is C24H22N4OS. The SMILES string of the molecule is OCCNCc1ccc(-c2cc3nccc(Nc4ccc5[nH]ccc5c4)c3s2)cc1. The van der Waals surface area contributed by atoms with Crippen molar-refractivity contribution in [3.63, 3.8) is 0 Å². The molecule has 0 saturated heterocycles. The predicted octanol–water partition coefficient (Wildman–Crippen LogP) is 5.27. The molecule has 0 unspecified atom stereocenters. The van der Waals surface area contributed by atoms with Gasteiger partial charge in [0.05, 0.1) is 22.5 Å². The Morgan fingerprint density at radius 1 is 1.00 bits per heavy atom. The highest BCUT2D eigenvalue weighted by Gasteiger charge is 2.10. The molecule has 4 N–H and O–H groups in total. The Kier molecular flexibility index (Phi) is 5.19. The van der Waals surface area contributed by atoms with Crippen LogP contribution in [0.1, 0.15) is 5.56 Å². The van der Waals surface area contributed by atoms with Crippen molar-refractivity contribution in [1.29, 1.82) is 0 Å². The molecule has 30 heavy (non-hydrogen) atoms. The lowest BCUT2D eigenvalue weighted by molar-refractivity contribution is 0.292. The second-order valence-corrected chi connectivity index (χ2v) is 8.24. The lowest BCUT2D eigenvalue weighted by atomic mass is 10.1. The first-order valence-electron chi connectivity index (χ1n) is 9.94. The van der Waals surface area contributed by atoms with E-state index in [0.717, 1.165) is 33.7 Å². The molecule has 0 radical (unpaired) electrons. The highest BCUT2D eigenvalue weighted by Crippen LogP contribution is 2.37. The smallest absolute Gasteiger partial charge is 0.0837 e. The standard InChI is InChI=1S/C24H22N4OS/c29-12-11-25-15-16-1-3-17(4-2-16)23-14-22-24(30-23)21(8-10-27-22)28-19-5-6-20-18(13-19)7-9-26-20/h1-10,13-14,25-26,29H,11-12,15H2,(H,27,28). The topological polar surface area (TPSA) is 73.0 Å². The molecule has 5 nitrogen and oxygen atoms in total. The fourth-order valence-electron chi connectivity index (χ4n) is 3.56. The van der Waals surface area contributed by atoms with Crippen molar-refractivity contribution in [2.45, 2.75) is 6.54 Å². The molecule has 0 spiro atoms. The molecule has 3 aromatic heterocycles. The van der Waals surface area contributed by atoms with Crippen molar-refractivity contribution in [1.82, 2.24) is 15.3 Å². The summed E-state index contributed by atoms with van der Waals surface area (Å²) in [6, 6.07) is 21.1. The summed E-state index contributed by atoms with van der Waals surface area (Å²) in [6.07, 6.45) is 3.81. The molecule has 150 valence electrons. The summed E-state index contributed by atoms with van der Waals surface area (Å²) >= 11 is 1.75. The number of aromatic nitrogens is 2. The lowest BCUT2D eigenvalue weighted by Crippen LogP contribution is -2.17. The van der Waals surface area contributed by atoms with E-state index in [-0.39, 0.29) is 6.61 Å². The quantitative estimate of drug-likeness (QED) is 0.274. The van der Waals surface area contributed by atoms with Gasteiger partial charge in [-0.2, -0.15) is 0 Å². The van der Waals surface area contributed by atoms with Crippen molar-refractivity contribution in [3.8, 4) is 10.4 Å². The molecule has 2 aromatic carbocycles. The number of pyridine rings is 1. The van der Waals surface area contributed by atoms with Crippen molar-refractivity contribution < 1.29 is 5.11 Å². The van der Waals surface area contributed by atoms with Crippen molar-refractivity contribution in [2.75, 3.05) is 18.5 Å². The van der Waals surface area contributed by atoms with E-state index >= 15 is 0 Å². The van der Waals surface area contributed by atoms with Gasteiger partial charge in [0, 0.05) is 47.0 Å². The number of rotatable bonds is 7. The van der Waals surface area contributed by atoms with E-state index in [1.165, 1.54) is 21.4 Å². The first-order chi connectivity index (χ1) is 14.8. The fraction of sp³-hybridized carbons (Fsp3) is 0.125. The predicted molar refractivity (Wildman–Crippen MR) is 125 cm³/mol. The summed E-state index contributed by atoms with van der Waals surface area (Å²) < 4.78 is 1.15. The summed E-state index contributed by atoms with van der Waals surface area (Å²) in [5.41, 5.74) is 6.64. The molecule has 0 atom stereocenters. The highest BCUT2D eigenvalue weighted by atomic mass is 32.1. The Balaban J connectivity index is 1.42. The minimum absolute atomic E-state index is 0.155.